The van der Waals surface area contributed by atoms with Crippen LogP contribution >= 0.6 is 11.6 Å². The standard InChI is InChI=1S/C29H30ClNO5/c30-22-8-6-21(7-9-22)29-25(20-4-2-1-3-5-20)19-27(32)28(29,33)24-11-10-23(18-26(24)36-29)35-17-14-31-12-15-34-16-13-31/h1-11,18,25,27,32-33H,12-17,19H2/t25-,27+,28-,29-/m1/s1. The van der Waals surface area contributed by atoms with Crippen LogP contribution in [0.4, 0.5) is 0 Å². The molecule has 4 atom stereocenters. The number of ether oxygens (including phenoxy) is 3. The molecule has 2 fully saturated rings. The molecule has 0 amide bonds. The van der Waals surface area contributed by atoms with E-state index in [1.165, 1.54) is 0 Å². The number of benzene rings is 3. The quantitative estimate of drug-likeness (QED) is 0.524. The largest absolute Gasteiger partial charge is 0.492 e. The van der Waals surface area contributed by atoms with Crippen LogP contribution in [0, 0.1) is 0 Å². The lowest BCUT2D eigenvalue weighted by Crippen LogP contribution is -2.51. The van der Waals surface area contributed by atoms with Crippen LogP contribution in [0.5, 0.6) is 11.5 Å². The van der Waals surface area contributed by atoms with Gasteiger partial charge in [-0.2, -0.15) is 0 Å². The molecule has 1 aliphatic carbocycles. The summed E-state index contributed by atoms with van der Waals surface area (Å²) in [5.74, 6) is 0.913. The van der Waals surface area contributed by atoms with Crippen LogP contribution in [-0.2, 0) is 15.9 Å². The maximum atomic E-state index is 12.3. The van der Waals surface area contributed by atoms with Crippen molar-refractivity contribution in [3.63, 3.8) is 0 Å². The molecular weight excluding hydrogens is 478 g/mol. The molecule has 0 radical (unpaired) electrons. The zero-order valence-electron chi connectivity index (χ0n) is 20.0. The summed E-state index contributed by atoms with van der Waals surface area (Å²) in [5, 5.41) is 24.3. The highest BCUT2D eigenvalue weighted by atomic mass is 35.5. The normalized spacial score (nSPS) is 29.4. The minimum absolute atomic E-state index is 0.280. The van der Waals surface area contributed by atoms with E-state index in [2.05, 4.69) is 4.90 Å². The second-order valence-corrected chi connectivity index (χ2v) is 10.2. The minimum atomic E-state index is -1.64. The number of nitrogens with zero attached hydrogens (tertiary/aromatic N) is 1. The van der Waals surface area contributed by atoms with Gasteiger partial charge in [-0.05, 0) is 41.8 Å². The lowest BCUT2D eigenvalue weighted by atomic mass is 9.71. The lowest BCUT2D eigenvalue weighted by molar-refractivity contribution is -0.149. The number of fused-ring (bicyclic) bond motifs is 3. The van der Waals surface area contributed by atoms with Crippen molar-refractivity contribution < 1.29 is 24.4 Å². The monoisotopic (exact) mass is 507 g/mol. The first-order chi connectivity index (χ1) is 17.5. The highest BCUT2D eigenvalue weighted by Gasteiger charge is 2.72. The number of aliphatic hydroxyl groups excluding tert-OH is 1. The van der Waals surface area contributed by atoms with Gasteiger partial charge in [-0.25, -0.2) is 0 Å². The first kappa shape index (κ1) is 23.8. The summed E-state index contributed by atoms with van der Waals surface area (Å²) in [6.07, 6.45) is -0.659. The van der Waals surface area contributed by atoms with E-state index in [1.807, 2.05) is 60.7 Å². The molecule has 3 aromatic rings. The summed E-state index contributed by atoms with van der Waals surface area (Å²) < 4.78 is 18.2. The third-order valence-corrected chi connectivity index (χ3v) is 8.14. The van der Waals surface area contributed by atoms with E-state index in [9.17, 15) is 10.2 Å². The Hall–Kier alpha value is -2.61. The van der Waals surface area contributed by atoms with Crippen molar-refractivity contribution in [2.24, 2.45) is 0 Å². The Morgan fingerprint density at radius 3 is 2.50 bits per heavy atom. The predicted molar refractivity (Wildman–Crippen MR) is 137 cm³/mol. The maximum Gasteiger partial charge on any atom is 0.176 e. The molecular formula is C29H30ClNO5. The summed E-state index contributed by atoms with van der Waals surface area (Å²) in [4.78, 5) is 2.32. The lowest BCUT2D eigenvalue weighted by Gasteiger charge is -2.40. The number of halogens is 1. The Balaban J connectivity index is 1.36. The predicted octanol–water partition coefficient (Wildman–Crippen LogP) is 4.07. The Labute approximate surface area is 216 Å². The van der Waals surface area contributed by atoms with E-state index in [0.29, 0.717) is 35.1 Å². The van der Waals surface area contributed by atoms with Crippen molar-refractivity contribution >= 4 is 11.6 Å². The Morgan fingerprint density at radius 2 is 1.75 bits per heavy atom. The second-order valence-electron chi connectivity index (χ2n) is 9.79. The second kappa shape index (κ2) is 9.36. The highest BCUT2D eigenvalue weighted by Crippen LogP contribution is 2.66. The molecule has 6 nitrogen and oxygen atoms in total. The van der Waals surface area contributed by atoms with Crippen LogP contribution in [0.2, 0.25) is 5.02 Å². The van der Waals surface area contributed by atoms with Gasteiger partial charge in [0.2, 0.25) is 0 Å². The van der Waals surface area contributed by atoms with Gasteiger partial charge >= 0.3 is 0 Å². The summed E-state index contributed by atoms with van der Waals surface area (Å²) in [6, 6.07) is 22.8. The Morgan fingerprint density at radius 1 is 1.00 bits per heavy atom. The van der Waals surface area contributed by atoms with Gasteiger partial charge in [0.25, 0.3) is 0 Å². The molecule has 1 saturated heterocycles. The summed E-state index contributed by atoms with van der Waals surface area (Å²) in [6.45, 7) is 4.68. The number of hydrogen-bond donors (Lipinski definition) is 2. The van der Waals surface area contributed by atoms with E-state index in [4.69, 9.17) is 25.8 Å². The van der Waals surface area contributed by atoms with Gasteiger partial charge in [0.05, 0.1) is 19.3 Å². The number of rotatable bonds is 6. The smallest absolute Gasteiger partial charge is 0.176 e. The minimum Gasteiger partial charge on any atom is -0.492 e. The molecule has 3 aromatic carbocycles. The van der Waals surface area contributed by atoms with Crippen LogP contribution in [-0.4, -0.2) is 60.7 Å². The molecule has 0 unspecified atom stereocenters. The fourth-order valence-electron chi connectivity index (χ4n) is 6.12. The van der Waals surface area contributed by atoms with Crippen molar-refractivity contribution in [3.05, 3.63) is 94.5 Å². The zero-order chi connectivity index (χ0) is 24.8. The molecule has 1 saturated carbocycles. The zero-order valence-corrected chi connectivity index (χ0v) is 20.7. The van der Waals surface area contributed by atoms with Crippen LogP contribution in [0.1, 0.15) is 29.0 Å². The fourth-order valence-corrected chi connectivity index (χ4v) is 6.24. The van der Waals surface area contributed by atoms with Crippen LogP contribution in [0.15, 0.2) is 72.8 Å². The maximum absolute atomic E-state index is 12.3. The third-order valence-electron chi connectivity index (χ3n) is 7.89. The van der Waals surface area contributed by atoms with Gasteiger partial charge < -0.3 is 24.4 Å². The van der Waals surface area contributed by atoms with Gasteiger partial charge in [-0.15, -0.1) is 0 Å². The highest BCUT2D eigenvalue weighted by molar-refractivity contribution is 6.30. The summed E-state index contributed by atoms with van der Waals surface area (Å²) in [5.41, 5.74) is -0.511. The van der Waals surface area contributed by atoms with E-state index < -0.39 is 17.3 Å². The van der Waals surface area contributed by atoms with E-state index in [0.717, 1.165) is 44.0 Å². The van der Waals surface area contributed by atoms with E-state index >= 15 is 0 Å². The van der Waals surface area contributed by atoms with Gasteiger partial charge in [-0.1, -0.05) is 54.1 Å². The Bertz CT molecular complexity index is 1220. The summed E-state index contributed by atoms with van der Waals surface area (Å²) in [7, 11) is 0. The number of morpholine rings is 1. The molecule has 3 aliphatic rings. The first-order valence-electron chi connectivity index (χ1n) is 12.5. The topological polar surface area (TPSA) is 71.4 Å². The van der Waals surface area contributed by atoms with Gasteiger partial charge in [0, 0.05) is 42.2 Å². The number of hydrogen-bond acceptors (Lipinski definition) is 6. The summed E-state index contributed by atoms with van der Waals surface area (Å²) >= 11 is 6.21. The van der Waals surface area contributed by atoms with Crippen LogP contribution < -0.4 is 9.47 Å². The van der Waals surface area contributed by atoms with Crippen molar-refractivity contribution in [1.29, 1.82) is 0 Å². The fraction of sp³-hybridized carbons (Fsp3) is 0.379. The molecule has 2 N–H and O–H groups in total. The van der Waals surface area contributed by atoms with Gasteiger partial charge in [-0.3, -0.25) is 4.90 Å². The molecule has 2 aliphatic heterocycles. The molecule has 188 valence electrons. The molecule has 0 bridgehead atoms. The third kappa shape index (κ3) is 3.71. The number of aliphatic hydroxyl groups is 2. The molecule has 2 heterocycles. The van der Waals surface area contributed by atoms with Crippen molar-refractivity contribution in [3.8, 4) is 11.5 Å². The first-order valence-corrected chi connectivity index (χ1v) is 12.9. The van der Waals surface area contributed by atoms with Gasteiger partial charge in [0.15, 0.2) is 11.2 Å². The van der Waals surface area contributed by atoms with Crippen molar-refractivity contribution in [2.45, 2.75) is 29.6 Å². The Kier molecular flexibility index (Phi) is 6.18. The average molecular weight is 508 g/mol. The van der Waals surface area contributed by atoms with Crippen LogP contribution in [0.25, 0.3) is 0 Å². The van der Waals surface area contributed by atoms with Crippen molar-refractivity contribution in [1.82, 2.24) is 4.90 Å². The molecule has 0 aromatic heterocycles. The van der Waals surface area contributed by atoms with Crippen molar-refractivity contribution in [2.75, 3.05) is 39.5 Å². The van der Waals surface area contributed by atoms with Gasteiger partial charge in [0.1, 0.15) is 18.1 Å². The SMILES string of the molecule is O[C@H]1C[C@H](c2ccccc2)[C@@]2(c3ccc(Cl)cc3)Oc3cc(OCCN4CCOCC4)ccc3[C@@]12O. The average Bonchev–Trinajstić information content (AvgIpc) is 3.30. The molecule has 36 heavy (non-hydrogen) atoms. The molecule has 7 heteroatoms. The van der Waals surface area contributed by atoms with E-state index in [1.54, 1.807) is 12.1 Å². The molecule has 0 spiro atoms. The van der Waals surface area contributed by atoms with E-state index in [-0.39, 0.29) is 5.92 Å². The van der Waals surface area contributed by atoms with Crippen LogP contribution in [0.3, 0.4) is 0 Å². The molecule has 6 rings (SSSR count).